The molecule has 2 aliphatic rings. The number of fused-ring (bicyclic) bond motifs is 3. The van der Waals surface area contributed by atoms with Gasteiger partial charge in [0.25, 0.3) is 5.91 Å². The van der Waals surface area contributed by atoms with Gasteiger partial charge in [-0.3, -0.25) is 19.3 Å². The van der Waals surface area contributed by atoms with E-state index in [1.54, 1.807) is 15.9 Å². The number of nitrogens with one attached hydrogen (secondary N) is 1. The first kappa shape index (κ1) is 20.2. The Morgan fingerprint density at radius 1 is 1.14 bits per heavy atom. The highest BCUT2D eigenvalue weighted by Gasteiger charge is 2.40. The average Bonchev–Trinajstić information content (AvgIpc) is 2.71. The highest BCUT2D eigenvalue weighted by atomic mass is 16.2. The predicted molar refractivity (Wildman–Crippen MR) is 110 cm³/mol. The molecule has 0 radical (unpaired) electrons. The van der Waals surface area contributed by atoms with Crippen molar-refractivity contribution in [3.05, 3.63) is 23.8 Å². The van der Waals surface area contributed by atoms with Crippen LogP contribution in [0.2, 0.25) is 0 Å². The lowest BCUT2D eigenvalue weighted by atomic mass is 9.95. The van der Waals surface area contributed by atoms with Crippen molar-refractivity contribution in [3.63, 3.8) is 0 Å². The number of piperidine rings is 1. The maximum absolute atomic E-state index is 13.2. The summed E-state index contributed by atoms with van der Waals surface area (Å²) in [6, 6.07) is 5.32. The summed E-state index contributed by atoms with van der Waals surface area (Å²) >= 11 is 0. The molecule has 0 aromatic heterocycles. The molecule has 0 bridgehead atoms. The fraction of sp³-hybridized carbons (Fsp3) is 0.571. The van der Waals surface area contributed by atoms with E-state index in [-0.39, 0.29) is 30.3 Å². The van der Waals surface area contributed by atoms with Gasteiger partial charge >= 0.3 is 0 Å². The molecule has 0 spiro atoms. The summed E-state index contributed by atoms with van der Waals surface area (Å²) in [5.41, 5.74) is 2.14. The molecule has 0 unspecified atom stereocenters. The van der Waals surface area contributed by atoms with Crippen molar-refractivity contribution in [1.82, 2.24) is 10.2 Å². The number of carbonyl (C=O) groups excluding carboxylic acids is 3. The number of amides is 3. The first-order valence-electron chi connectivity index (χ1n) is 10.3. The van der Waals surface area contributed by atoms with E-state index in [1.165, 1.54) is 0 Å². The number of carbonyl (C=O) groups is 3. The SMILES string of the molecule is CCNC(=O)CN1C(=O)[C@@H]2CCCCN2c2ccc(C(=O)N(CC)CC)cc21. The van der Waals surface area contributed by atoms with Crippen LogP contribution in [-0.4, -0.2) is 61.4 Å². The molecule has 7 nitrogen and oxygen atoms in total. The smallest absolute Gasteiger partial charge is 0.253 e. The van der Waals surface area contributed by atoms with Crippen LogP contribution < -0.4 is 15.1 Å². The van der Waals surface area contributed by atoms with Crippen LogP contribution in [0.1, 0.15) is 50.4 Å². The monoisotopic (exact) mass is 386 g/mol. The molecule has 3 amide bonds. The maximum atomic E-state index is 13.2. The number of rotatable bonds is 6. The largest absolute Gasteiger partial charge is 0.358 e. The minimum Gasteiger partial charge on any atom is -0.358 e. The molecule has 152 valence electrons. The van der Waals surface area contributed by atoms with Crippen LogP contribution in [0, 0.1) is 0 Å². The second-order valence-electron chi connectivity index (χ2n) is 7.26. The van der Waals surface area contributed by atoms with E-state index in [0.717, 1.165) is 31.5 Å². The molecule has 1 fully saturated rings. The minimum absolute atomic E-state index is 0.0209. The Morgan fingerprint density at radius 2 is 1.89 bits per heavy atom. The van der Waals surface area contributed by atoms with Crippen molar-refractivity contribution in [1.29, 1.82) is 0 Å². The molecule has 0 aliphatic carbocycles. The molecule has 1 saturated heterocycles. The van der Waals surface area contributed by atoms with Crippen molar-refractivity contribution in [3.8, 4) is 0 Å². The zero-order valence-electron chi connectivity index (χ0n) is 17.0. The van der Waals surface area contributed by atoms with E-state index in [0.29, 0.717) is 30.9 Å². The van der Waals surface area contributed by atoms with E-state index >= 15 is 0 Å². The van der Waals surface area contributed by atoms with Gasteiger partial charge in [0.15, 0.2) is 0 Å². The van der Waals surface area contributed by atoms with Gasteiger partial charge in [0.2, 0.25) is 11.8 Å². The zero-order chi connectivity index (χ0) is 20.3. The Bertz CT molecular complexity index is 760. The van der Waals surface area contributed by atoms with Gasteiger partial charge in [0, 0.05) is 31.7 Å². The Hall–Kier alpha value is -2.57. The third kappa shape index (κ3) is 3.70. The Kier molecular flexibility index (Phi) is 6.21. The summed E-state index contributed by atoms with van der Waals surface area (Å²) in [7, 11) is 0. The van der Waals surface area contributed by atoms with Gasteiger partial charge in [-0.25, -0.2) is 0 Å². The molecule has 3 rings (SSSR count). The van der Waals surface area contributed by atoms with E-state index < -0.39 is 0 Å². The molecule has 0 saturated carbocycles. The number of benzene rings is 1. The van der Waals surface area contributed by atoms with Gasteiger partial charge < -0.3 is 15.1 Å². The lowest BCUT2D eigenvalue weighted by Gasteiger charge is -2.45. The first-order chi connectivity index (χ1) is 13.5. The van der Waals surface area contributed by atoms with Gasteiger partial charge in [-0.15, -0.1) is 0 Å². The fourth-order valence-corrected chi connectivity index (χ4v) is 4.14. The van der Waals surface area contributed by atoms with E-state index in [9.17, 15) is 14.4 Å². The van der Waals surface area contributed by atoms with Crippen LogP contribution in [0.4, 0.5) is 11.4 Å². The topological polar surface area (TPSA) is 73.0 Å². The van der Waals surface area contributed by atoms with Gasteiger partial charge in [-0.1, -0.05) is 0 Å². The fourth-order valence-electron chi connectivity index (χ4n) is 4.14. The highest BCUT2D eigenvalue weighted by Crippen LogP contribution is 2.40. The Morgan fingerprint density at radius 3 is 2.57 bits per heavy atom. The predicted octanol–water partition coefficient (Wildman–Crippen LogP) is 2.01. The number of nitrogens with zero attached hydrogens (tertiary/aromatic N) is 3. The van der Waals surface area contributed by atoms with Crippen LogP contribution in [0.3, 0.4) is 0 Å². The number of hydrogen-bond acceptors (Lipinski definition) is 4. The summed E-state index contributed by atoms with van der Waals surface area (Å²) < 4.78 is 0. The van der Waals surface area contributed by atoms with Crippen LogP contribution in [0.5, 0.6) is 0 Å². The molecule has 1 aromatic carbocycles. The lowest BCUT2D eigenvalue weighted by Crippen LogP contribution is -2.57. The van der Waals surface area contributed by atoms with Crippen molar-refractivity contribution in [2.75, 3.05) is 42.5 Å². The van der Waals surface area contributed by atoms with Gasteiger partial charge in [0.05, 0.1) is 11.4 Å². The molecule has 2 aliphatic heterocycles. The number of hydrogen-bond donors (Lipinski definition) is 1. The van der Waals surface area contributed by atoms with Gasteiger partial charge in [-0.05, 0) is 58.2 Å². The first-order valence-corrected chi connectivity index (χ1v) is 10.3. The maximum Gasteiger partial charge on any atom is 0.253 e. The summed E-state index contributed by atoms with van der Waals surface area (Å²) in [5.74, 6) is -0.295. The number of anilines is 2. The molecular formula is C21H30N4O3. The van der Waals surface area contributed by atoms with Gasteiger partial charge in [0.1, 0.15) is 12.6 Å². The van der Waals surface area contributed by atoms with E-state index in [2.05, 4.69) is 10.2 Å². The minimum atomic E-state index is -0.222. The molecule has 1 aromatic rings. The van der Waals surface area contributed by atoms with Crippen LogP contribution in [0.25, 0.3) is 0 Å². The summed E-state index contributed by atoms with van der Waals surface area (Å²) in [6.45, 7) is 8.32. The normalized spacial score (nSPS) is 18.4. The summed E-state index contributed by atoms with van der Waals surface area (Å²) in [5, 5.41) is 2.77. The van der Waals surface area contributed by atoms with Crippen LogP contribution in [0.15, 0.2) is 18.2 Å². The van der Waals surface area contributed by atoms with Crippen molar-refractivity contribution >= 4 is 29.1 Å². The van der Waals surface area contributed by atoms with Crippen molar-refractivity contribution in [2.24, 2.45) is 0 Å². The van der Waals surface area contributed by atoms with E-state index in [4.69, 9.17) is 0 Å². The second-order valence-corrected chi connectivity index (χ2v) is 7.26. The molecule has 28 heavy (non-hydrogen) atoms. The summed E-state index contributed by atoms with van der Waals surface area (Å²) in [6.07, 6.45) is 2.85. The third-order valence-electron chi connectivity index (χ3n) is 5.60. The van der Waals surface area contributed by atoms with Crippen molar-refractivity contribution in [2.45, 2.75) is 46.1 Å². The highest BCUT2D eigenvalue weighted by molar-refractivity contribution is 6.09. The van der Waals surface area contributed by atoms with Crippen LogP contribution in [-0.2, 0) is 9.59 Å². The lowest BCUT2D eigenvalue weighted by molar-refractivity contribution is -0.124. The molecule has 1 atom stereocenters. The van der Waals surface area contributed by atoms with Gasteiger partial charge in [-0.2, -0.15) is 0 Å². The molecular weight excluding hydrogens is 356 g/mol. The zero-order valence-corrected chi connectivity index (χ0v) is 17.0. The van der Waals surface area contributed by atoms with Crippen LogP contribution >= 0.6 is 0 Å². The summed E-state index contributed by atoms with van der Waals surface area (Å²) in [4.78, 5) is 43.7. The second kappa shape index (κ2) is 8.63. The van der Waals surface area contributed by atoms with E-state index in [1.807, 2.05) is 32.9 Å². The molecule has 2 heterocycles. The average molecular weight is 386 g/mol. The third-order valence-corrected chi connectivity index (χ3v) is 5.60. The standard InChI is InChI=1S/C21H30N4O3/c1-4-22-19(26)14-25-18-13-15(20(27)23(5-2)6-3)10-11-16(18)24-12-8-7-9-17(24)21(25)28/h10-11,13,17H,4-9,12,14H2,1-3H3,(H,22,26)/t17-/m0/s1. The van der Waals surface area contributed by atoms with Crippen molar-refractivity contribution < 1.29 is 14.4 Å². The quantitative estimate of drug-likeness (QED) is 0.812. The Labute approximate surface area is 166 Å². The molecule has 7 heteroatoms. The number of likely N-dealkylation sites (N-methyl/N-ethyl adjacent to an activating group) is 1. The Balaban J connectivity index is 2.02. The molecule has 1 N–H and O–H groups in total.